The highest BCUT2D eigenvalue weighted by molar-refractivity contribution is 5.92. The van der Waals surface area contributed by atoms with Crippen molar-refractivity contribution >= 4 is 23.5 Å². The van der Waals surface area contributed by atoms with Crippen LogP contribution in [0.4, 0.5) is 5.69 Å². The van der Waals surface area contributed by atoms with E-state index in [0.717, 1.165) is 11.1 Å². The van der Waals surface area contributed by atoms with Crippen molar-refractivity contribution < 1.29 is 19.1 Å². The second-order valence-electron chi connectivity index (χ2n) is 9.02. The number of nitrogen functional groups attached to an aromatic ring is 1. The molecule has 0 aromatic heterocycles. The van der Waals surface area contributed by atoms with Crippen molar-refractivity contribution in [2.24, 2.45) is 11.5 Å². The molecule has 0 aliphatic heterocycles. The first-order valence-corrected chi connectivity index (χ1v) is 12.8. The fourth-order valence-corrected chi connectivity index (χ4v) is 3.55. The molecule has 0 radical (unpaired) electrons. The second-order valence-corrected chi connectivity index (χ2v) is 9.02. The molecule has 0 fully saturated rings. The largest absolute Gasteiger partial charge is 0.433 e. The van der Waals surface area contributed by atoms with Crippen LogP contribution < -0.4 is 27.8 Å². The summed E-state index contributed by atoms with van der Waals surface area (Å²) in [4.78, 5) is 38.3. The van der Waals surface area contributed by atoms with Crippen LogP contribution in [0.3, 0.4) is 0 Å². The number of benzene rings is 2. The molecule has 9 nitrogen and oxygen atoms in total. The number of anilines is 1. The number of carbonyl (C=O) groups is 3. The molecular weight excluding hydrogens is 482 g/mol. The summed E-state index contributed by atoms with van der Waals surface area (Å²) in [6, 6.07) is 14.2. The van der Waals surface area contributed by atoms with Crippen molar-refractivity contribution in [2.75, 3.05) is 12.3 Å². The number of rotatable bonds is 15. The van der Waals surface area contributed by atoms with Gasteiger partial charge in [0.25, 0.3) is 0 Å². The maximum Gasteiger partial charge on any atom is 0.333 e. The first-order valence-electron chi connectivity index (χ1n) is 12.8. The van der Waals surface area contributed by atoms with Gasteiger partial charge in [0.2, 0.25) is 11.8 Å². The van der Waals surface area contributed by atoms with Crippen LogP contribution in [0.25, 0.3) is 0 Å². The van der Waals surface area contributed by atoms with Crippen LogP contribution in [-0.2, 0) is 32.0 Å². The summed E-state index contributed by atoms with van der Waals surface area (Å²) in [6.45, 7) is 2.01. The highest BCUT2D eigenvalue weighted by Gasteiger charge is 2.28. The van der Waals surface area contributed by atoms with Crippen LogP contribution in [0.15, 0.2) is 79.1 Å². The van der Waals surface area contributed by atoms with Crippen molar-refractivity contribution in [1.82, 2.24) is 10.6 Å². The molecule has 0 spiro atoms. The molecule has 2 aromatic rings. The quantitative estimate of drug-likeness (QED) is 0.0788. The SMILES string of the molecule is C[C@@H](N)C(=O)N[C@@H](Cc1ccccc1)C(=O)N[C@@H](CCCCN)C(=O)OC=CC=CCc1ccc(N)cc1. The van der Waals surface area contributed by atoms with Crippen molar-refractivity contribution in [3.8, 4) is 0 Å². The van der Waals surface area contributed by atoms with Crippen molar-refractivity contribution in [3.05, 3.63) is 90.2 Å². The highest BCUT2D eigenvalue weighted by atomic mass is 16.5. The van der Waals surface area contributed by atoms with E-state index in [1.807, 2.05) is 60.7 Å². The standard InChI is InChI=1S/C29H39N5O4/c1-21(31)27(35)34-26(20-23-11-4-2-5-12-23)28(36)33-25(13-7-8-18-30)29(37)38-19-9-3-6-10-22-14-16-24(32)17-15-22/h2-6,9,11-12,14-17,19,21,25-26H,7-8,10,13,18,20,30-32H2,1H3,(H,33,36)(H,34,35)/t21-,25+,26+/m1/s1. The van der Waals surface area contributed by atoms with Crippen molar-refractivity contribution in [2.45, 2.75) is 57.2 Å². The van der Waals surface area contributed by atoms with Gasteiger partial charge in [0.1, 0.15) is 12.1 Å². The van der Waals surface area contributed by atoms with Gasteiger partial charge in [-0.2, -0.15) is 0 Å². The summed E-state index contributed by atoms with van der Waals surface area (Å²) in [5.41, 5.74) is 19.6. The molecule has 0 unspecified atom stereocenters. The molecule has 204 valence electrons. The van der Waals surface area contributed by atoms with E-state index in [-0.39, 0.29) is 6.42 Å². The van der Waals surface area contributed by atoms with E-state index in [4.69, 9.17) is 21.9 Å². The Labute approximate surface area is 224 Å². The molecule has 0 aliphatic rings. The Hall–Kier alpha value is -3.95. The maximum absolute atomic E-state index is 13.2. The van der Waals surface area contributed by atoms with Gasteiger partial charge in [0, 0.05) is 12.1 Å². The van der Waals surface area contributed by atoms with Gasteiger partial charge in [-0.05, 0) is 68.5 Å². The monoisotopic (exact) mass is 521 g/mol. The first-order chi connectivity index (χ1) is 18.3. The van der Waals surface area contributed by atoms with E-state index in [1.165, 1.54) is 13.2 Å². The fourth-order valence-electron chi connectivity index (χ4n) is 3.55. The molecule has 38 heavy (non-hydrogen) atoms. The molecule has 8 N–H and O–H groups in total. The lowest BCUT2D eigenvalue weighted by Crippen LogP contribution is -2.54. The highest BCUT2D eigenvalue weighted by Crippen LogP contribution is 2.09. The first kappa shape index (κ1) is 30.3. The molecule has 9 heteroatoms. The van der Waals surface area contributed by atoms with Gasteiger partial charge in [-0.1, -0.05) is 54.6 Å². The normalized spacial score (nSPS) is 13.7. The van der Waals surface area contributed by atoms with E-state index in [0.29, 0.717) is 37.9 Å². The predicted molar refractivity (Wildman–Crippen MR) is 149 cm³/mol. The van der Waals surface area contributed by atoms with Crippen LogP contribution in [-0.4, -0.2) is 42.5 Å². The van der Waals surface area contributed by atoms with E-state index in [2.05, 4.69) is 10.6 Å². The van der Waals surface area contributed by atoms with Gasteiger partial charge in [-0.25, -0.2) is 4.79 Å². The molecule has 0 saturated carbocycles. The van der Waals surface area contributed by atoms with Crippen molar-refractivity contribution in [3.63, 3.8) is 0 Å². The number of amides is 2. The zero-order chi connectivity index (χ0) is 27.8. The van der Waals surface area contributed by atoms with E-state index < -0.39 is 35.9 Å². The average molecular weight is 522 g/mol. The Bertz CT molecular complexity index is 1070. The molecule has 3 atom stereocenters. The van der Waals surface area contributed by atoms with Gasteiger partial charge in [-0.15, -0.1) is 0 Å². The maximum atomic E-state index is 13.2. The molecule has 0 heterocycles. The Morgan fingerprint density at radius 3 is 2.24 bits per heavy atom. The number of nitrogens with one attached hydrogen (secondary N) is 2. The molecule has 0 bridgehead atoms. The summed E-state index contributed by atoms with van der Waals surface area (Å²) in [5.74, 6) is -1.56. The number of nitrogens with two attached hydrogens (primary N) is 3. The number of hydrogen-bond acceptors (Lipinski definition) is 7. The van der Waals surface area contributed by atoms with Gasteiger partial charge < -0.3 is 32.6 Å². The minimum absolute atomic E-state index is 0.244. The van der Waals surface area contributed by atoms with Gasteiger partial charge in [-0.3, -0.25) is 9.59 Å². The topological polar surface area (TPSA) is 163 Å². The number of esters is 1. The number of ether oxygens (including phenoxy) is 1. The average Bonchev–Trinajstić information content (AvgIpc) is 2.91. The van der Waals surface area contributed by atoms with Crippen molar-refractivity contribution in [1.29, 1.82) is 0 Å². The summed E-state index contributed by atoms with van der Waals surface area (Å²) in [7, 11) is 0. The third kappa shape index (κ3) is 11.4. The number of hydrogen-bond donors (Lipinski definition) is 5. The van der Waals surface area contributed by atoms with Crippen LogP contribution in [0, 0.1) is 0 Å². The van der Waals surface area contributed by atoms with Gasteiger partial charge in [0.05, 0.1) is 12.3 Å². The Morgan fingerprint density at radius 2 is 1.58 bits per heavy atom. The summed E-state index contributed by atoms with van der Waals surface area (Å²) in [6.07, 6.45) is 9.19. The number of unbranched alkanes of at least 4 members (excludes halogenated alkanes) is 1. The molecule has 2 aromatic carbocycles. The Morgan fingerprint density at radius 1 is 0.895 bits per heavy atom. The Balaban J connectivity index is 2.01. The summed E-state index contributed by atoms with van der Waals surface area (Å²) < 4.78 is 5.28. The zero-order valence-corrected chi connectivity index (χ0v) is 21.8. The third-order valence-corrected chi connectivity index (χ3v) is 5.72. The van der Waals surface area contributed by atoms with Crippen LogP contribution in [0.5, 0.6) is 0 Å². The minimum atomic E-state index is -0.910. The fraction of sp³-hybridized carbons (Fsp3) is 0.345. The van der Waals surface area contributed by atoms with Crippen LogP contribution >= 0.6 is 0 Å². The molecule has 0 saturated heterocycles. The van der Waals surface area contributed by atoms with Gasteiger partial charge >= 0.3 is 5.97 Å². The van der Waals surface area contributed by atoms with E-state index >= 15 is 0 Å². The smallest absolute Gasteiger partial charge is 0.333 e. The van der Waals surface area contributed by atoms with Gasteiger partial charge in [0.15, 0.2) is 0 Å². The zero-order valence-electron chi connectivity index (χ0n) is 21.8. The minimum Gasteiger partial charge on any atom is -0.433 e. The molecule has 0 aliphatic carbocycles. The van der Waals surface area contributed by atoms with E-state index in [9.17, 15) is 14.4 Å². The van der Waals surface area contributed by atoms with Crippen LogP contribution in [0.2, 0.25) is 0 Å². The van der Waals surface area contributed by atoms with E-state index in [1.54, 1.807) is 12.2 Å². The van der Waals surface area contributed by atoms with Crippen LogP contribution in [0.1, 0.15) is 37.3 Å². The molecule has 2 amide bonds. The predicted octanol–water partition coefficient (Wildman–Crippen LogP) is 2.11. The summed E-state index contributed by atoms with van der Waals surface area (Å²) in [5, 5.41) is 5.43. The lowest BCUT2D eigenvalue weighted by molar-refractivity contribution is -0.143. The lowest BCUT2D eigenvalue weighted by Gasteiger charge is -2.23. The molecule has 2 rings (SSSR count). The number of allylic oxidation sites excluding steroid dienone is 3. The third-order valence-electron chi connectivity index (χ3n) is 5.72. The second kappa shape index (κ2) is 16.7. The lowest BCUT2D eigenvalue weighted by atomic mass is 10.0. The summed E-state index contributed by atoms with van der Waals surface area (Å²) >= 11 is 0. The number of carbonyl (C=O) groups excluding carboxylic acids is 3. The Kier molecular flexibility index (Phi) is 13.3. The molecular formula is C29H39N5O4.